The Labute approximate surface area is 197 Å². The summed E-state index contributed by atoms with van der Waals surface area (Å²) in [7, 11) is 0. The van der Waals surface area contributed by atoms with Crippen LogP contribution in [0.2, 0.25) is 10.0 Å². The average molecular weight is 479 g/mol. The number of nitrogens with one attached hydrogen (secondary N) is 2. The van der Waals surface area contributed by atoms with Gasteiger partial charge in [-0.3, -0.25) is 14.9 Å². The zero-order valence-electron chi connectivity index (χ0n) is 17.3. The lowest BCUT2D eigenvalue weighted by Gasteiger charge is -2.38. The van der Waals surface area contributed by atoms with Crippen molar-refractivity contribution in [1.29, 1.82) is 0 Å². The number of hydrogen-bond donors (Lipinski definition) is 2. The molecule has 6 nitrogen and oxygen atoms in total. The summed E-state index contributed by atoms with van der Waals surface area (Å²) < 4.78 is 0. The summed E-state index contributed by atoms with van der Waals surface area (Å²) in [6, 6.07) is 12.0. The Hall–Kier alpha value is -2.35. The quantitative estimate of drug-likeness (QED) is 0.636. The molecule has 2 aromatic rings. The van der Waals surface area contributed by atoms with Crippen LogP contribution < -0.4 is 15.5 Å². The third-order valence-corrected chi connectivity index (χ3v) is 5.73. The molecule has 2 aromatic carbocycles. The summed E-state index contributed by atoms with van der Waals surface area (Å²) >= 11 is 17.7. The topological polar surface area (TPSA) is 64.7 Å². The van der Waals surface area contributed by atoms with Crippen LogP contribution in [-0.4, -0.2) is 48.0 Å². The van der Waals surface area contributed by atoms with Crippen molar-refractivity contribution in [2.75, 3.05) is 36.4 Å². The maximum Gasteiger partial charge on any atom is 0.257 e. The fourth-order valence-electron chi connectivity index (χ4n) is 3.38. The second kappa shape index (κ2) is 10.3. The molecule has 9 heteroatoms. The summed E-state index contributed by atoms with van der Waals surface area (Å²) in [6.07, 6.45) is 0. The Bertz CT molecular complexity index is 974. The van der Waals surface area contributed by atoms with Gasteiger partial charge in [-0.15, -0.1) is 0 Å². The van der Waals surface area contributed by atoms with Crippen LogP contribution in [0.25, 0.3) is 0 Å². The van der Waals surface area contributed by atoms with Gasteiger partial charge in [0.1, 0.15) is 0 Å². The molecule has 0 spiro atoms. The number of rotatable bonds is 4. The Morgan fingerprint density at radius 1 is 1.00 bits per heavy atom. The molecule has 3 rings (SSSR count). The minimum atomic E-state index is -0.335. The molecule has 0 unspecified atom stereocenters. The molecule has 2 N–H and O–H groups in total. The molecule has 2 amide bonds. The molecule has 1 aliphatic heterocycles. The van der Waals surface area contributed by atoms with E-state index in [-0.39, 0.29) is 22.8 Å². The average Bonchev–Trinajstić information content (AvgIpc) is 2.74. The number of carbonyl (C=O) groups is 2. The van der Waals surface area contributed by atoms with E-state index in [2.05, 4.69) is 15.5 Å². The number of amides is 2. The number of piperazine rings is 1. The number of halogens is 2. The van der Waals surface area contributed by atoms with Crippen molar-refractivity contribution in [2.24, 2.45) is 5.92 Å². The fourth-order valence-corrected chi connectivity index (χ4v) is 4.01. The van der Waals surface area contributed by atoms with Gasteiger partial charge in [0, 0.05) is 42.7 Å². The molecule has 0 saturated carbocycles. The number of nitrogens with zero attached hydrogens (tertiary/aromatic N) is 2. The highest BCUT2D eigenvalue weighted by molar-refractivity contribution is 7.80. The lowest BCUT2D eigenvalue weighted by atomic mass is 10.1. The smallest absolute Gasteiger partial charge is 0.257 e. The molecule has 0 aromatic heterocycles. The molecule has 1 heterocycles. The number of hydrogen-bond acceptors (Lipinski definition) is 4. The van der Waals surface area contributed by atoms with Crippen LogP contribution in [0.4, 0.5) is 11.4 Å². The summed E-state index contributed by atoms with van der Waals surface area (Å²) in [4.78, 5) is 28.7. The normalized spacial score (nSPS) is 13.8. The molecule has 0 atom stereocenters. The zero-order valence-corrected chi connectivity index (χ0v) is 19.7. The lowest BCUT2D eigenvalue weighted by Crippen LogP contribution is -2.50. The number of benzene rings is 2. The van der Waals surface area contributed by atoms with E-state index in [0.29, 0.717) is 47.5 Å². The van der Waals surface area contributed by atoms with Crippen molar-refractivity contribution >= 4 is 63.7 Å². The summed E-state index contributed by atoms with van der Waals surface area (Å²) in [5, 5.41) is 7.04. The fraction of sp³-hybridized carbons (Fsp3) is 0.318. The number of para-hydroxylation sites is 1. The first-order valence-electron chi connectivity index (χ1n) is 9.96. The first-order chi connectivity index (χ1) is 14.8. The largest absolute Gasteiger partial charge is 0.365 e. The van der Waals surface area contributed by atoms with Crippen LogP contribution in [0.15, 0.2) is 42.5 Å². The first kappa shape index (κ1) is 23.3. The van der Waals surface area contributed by atoms with E-state index in [0.717, 1.165) is 5.69 Å². The third-order valence-electron chi connectivity index (χ3n) is 4.97. The molecule has 31 heavy (non-hydrogen) atoms. The van der Waals surface area contributed by atoms with E-state index >= 15 is 0 Å². The molecule has 0 bridgehead atoms. The maximum atomic E-state index is 12.4. The van der Waals surface area contributed by atoms with E-state index in [4.69, 9.17) is 35.4 Å². The minimum Gasteiger partial charge on any atom is -0.365 e. The molecule has 0 radical (unpaired) electrons. The van der Waals surface area contributed by atoms with Crippen molar-refractivity contribution in [2.45, 2.75) is 13.8 Å². The van der Waals surface area contributed by atoms with Gasteiger partial charge in [-0.25, -0.2) is 0 Å². The summed E-state index contributed by atoms with van der Waals surface area (Å²) in [5.41, 5.74) is 1.94. The van der Waals surface area contributed by atoms with E-state index in [9.17, 15) is 9.59 Å². The minimum absolute atomic E-state index is 0.0225. The third kappa shape index (κ3) is 5.87. The van der Waals surface area contributed by atoms with Crippen LogP contribution in [0.3, 0.4) is 0 Å². The van der Waals surface area contributed by atoms with E-state index in [1.54, 1.807) is 24.3 Å². The van der Waals surface area contributed by atoms with Crippen LogP contribution >= 0.6 is 35.4 Å². The molecular formula is C22H24Cl2N4O2S. The van der Waals surface area contributed by atoms with Gasteiger partial charge in [0.05, 0.1) is 16.4 Å². The first-order valence-corrected chi connectivity index (χ1v) is 11.1. The van der Waals surface area contributed by atoms with Crippen LogP contribution in [0.1, 0.15) is 24.2 Å². The molecule has 0 aliphatic carbocycles. The Kier molecular flexibility index (Phi) is 7.75. The van der Waals surface area contributed by atoms with Gasteiger partial charge in [0.15, 0.2) is 5.11 Å². The highest BCUT2D eigenvalue weighted by Gasteiger charge is 2.25. The van der Waals surface area contributed by atoms with E-state index in [1.807, 2.05) is 36.9 Å². The summed E-state index contributed by atoms with van der Waals surface area (Å²) in [6.45, 7) is 6.37. The van der Waals surface area contributed by atoms with Crippen LogP contribution in [0, 0.1) is 5.92 Å². The standard InChI is InChI=1S/C22H24Cl2N4O2S/c1-14(2)21(30)28-12-10-27(11-13-28)19-17(24)4-3-5-18(19)25-22(31)26-20(29)15-6-8-16(23)9-7-15/h3-9,14H,10-13H2,1-2H3,(H2,25,26,29,31). The second-order valence-corrected chi connectivity index (χ2v) is 8.77. The van der Waals surface area contributed by atoms with Gasteiger partial charge in [-0.2, -0.15) is 0 Å². The van der Waals surface area contributed by atoms with Gasteiger partial charge in [0.2, 0.25) is 5.91 Å². The number of thiocarbonyl (C=S) groups is 1. The highest BCUT2D eigenvalue weighted by Crippen LogP contribution is 2.34. The van der Waals surface area contributed by atoms with E-state index in [1.165, 1.54) is 0 Å². The number of carbonyl (C=O) groups excluding carboxylic acids is 2. The Morgan fingerprint density at radius 2 is 1.65 bits per heavy atom. The Morgan fingerprint density at radius 3 is 2.26 bits per heavy atom. The zero-order chi connectivity index (χ0) is 22.5. The molecule has 1 aliphatic rings. The van der Waals surface area contributed by atoms with Crippen molar-refractivity contribution < 1.29 is 9.59 Å². The monoisotopic (exact) mass is 478 g/mol. The SMILES string of the molecule is CC(C)C(=O)N1CCN(c2c(Cl)cccc2NC(=S)NC(=O)c2ccc(Cl)cc2)CC1. The van der Waals surface area contributed by atoms with Gasteiger partial charge < -0.3 is 15.1 Å². The van der Waals surface area contributed by atoms with Gasteiger partial charge >= 0.3 is 0 Å². The molecular weight excluding hydrogens is 455 g/mol. The highest BCUT2D eigenvalue weighted by atomic mass is 35.5. The molecule has 1 saturated heterocycles. The number of anilines is 2. The predicted octanol–water partition coefficient (Wildman–Crippen LogP) is 4.42. The van der Waals surface area contributed by atoms with Crippen LogP contribution in [-0.2, 0) is 4.79 Å². The maximum absolute atomic E-state index is 12.4. The van der Waals surface area contributed by atoms with Crippen LogP contribution in [0.5, 0.6) is 0 Å². The van der Waals surface area contributed by atoms with Crippen molar-refractivity contribution in [3.63, 3.8) is 0 Å². The van der Waals surface area contributed by atoms with E-state index < -0.39 is 0 Å². The molecule has 164 valence electrons. The lowest BCUT2D eigenvalue weighted by molar-refractivity contribution is -0.134. The van der Waals surface area contributed by atoms with Crippen molar-refractivity contribution in [1.82, 2.24) is 10.2 Å². The second-order valence-electron chi connectivity index (χ2n) is 7.52. The Balaban J connectivity index is 1.68. The van der Waals surface area contributed by atoms with Crippen molar-refractivity contribution in [3.05, 3.63) is 58.1 Å². The predicted molar refractivity (Wildman–Crippen MR) is 130 cm³/mol. The summed E-state index contributed by atoms with van der Waals surface area (Å²) in [5.74, 6) is -0.201. The van der Waals surface area contributed by atoms with Gasteiger partial charge in [-0.05, 0) is 48.6 Å². The van der Waals surface area contributed by atoms with Gasteiger partial charge in [-0.1, -0.05) is 43.1 Å². The van der Waals surface area contributed by atoms with Gasteiger partial charge in [0.25, 0.3) is 5.91 Å². The van der Waals surface area contributed by atoms with Crippen molar-refractivity contribution in [3.8, 4) is 0 Å². The molecule has 1 fully saturated rings.